The van der Waals surface area contributed by atoms with Crippen molar-refractivity contribution in [1.29, 1.82) is 0 Å². The van der Waals surface area contributed by atoms with Gasteiger partial charge in [-0.1, -0.05) is 63.6 Å². The summed E-state index contributed by atoms with van der Waals surface area (Å²) in [5.41, 5.74) is 5.52. The van der Waals surface area contributed by atoms with Gasteiger partial charge in [0, 0.05) is 35.0 Å². The molecule has 1 fully saturated rings. The summed E-state index contributed by atoms with van der Waals surface area (Å²) in [6.07, 6.45) is 16.5. The van der Waals surface area contributed by atoms with Gasteiger partial charge >= 0.3 is 0 Å². The molecule has 4 rings (SSSR count). The number of aliphatic imine (C=N–C) groups is 1. The minimum Gasteiger partial charge on any atom is -0.299 e. The molecule has 172 valence electrons. The molecular weight excluding hydrogens is 378 g/mol. The lowest BCUT2D eigenvalue weighted by Crippen LogP contribution is -2.18. The standard InChI is InChI=1S/C29H39NO.3H2/c1-20(2)13-14-26(31)18-22-7-4-8-23(17-22)24-9-5-10-25(19-24)29-28-12-6-11-27(28)21(3)15-16-30-29;;;/h4,6-8,12,16-17,20-21,24-25,27H,5,9-11,13-15,18-19H2,1-3H3;3*1H. The molecule has 2 nitrogen and oxygen atoms in total. The zero-order valence-corrected chi connectivity index (χ0v) is 19.6. The molecule has 4 atom stereocenters. The van der Waals surface area contributed by atoms with Crippen LogP contribution in [0.2, 0.25) is 0 Å². The Bertz CT molecular complexity index is 889. The van der Waals surface area contributed by atoms with Crippen LogP contribution < -0.4 is 0 Å². The van der Waals surface area contributed by atoms with Crippen LogP contribution in [0.25, 0.3) is 0 Å². The van der Waals surface area contributed by atoms with E-state index in [2.05, 4.69) is 63.4 Å². The van der Waals surface area contributed by atoms with E-state index in [-0.39, 0.29) is 4.28 Å². The van der Waals surface area contributed by atoms with Crippen LogP contribution in [0, 0.1) is 23.7 Å². The SMILES string of the molecule is CC(C)CCC(=O)Cc1cccc(C2CCCC(C3=C4C=CCC4C(C)CC=N3)C2)c1.[HH].[HH].[HH]. The second-order valence-corrected chi connectivity index (χ2v) is 10.6. The second-order valence-electron chi connectivity index (χ2n) is 10.6. The van der Waals surface area contributed by atoms with E-state index in [0.29, 0.717) is 48.2 Å². The Morgan fingerprint density at radius 1 is 1.19 bits per heavy atom. The number of hydrogen-bond acceptors (Lipinski definition) is 2. The molecule has 0 bridgehead atoms. The van der Waals surface area contributed by atoms with Crippen LogP contribution in [0.4, 0.5) is 0 Å². The lowest BCUT2D eigenvalue weighted by atomic mass is 9.74. The van der Waals surface area contributed by atoms with E-state index in [1.165, 1.54) is 54.5 Å². The van der Waals surface area contributed by atoms with Gasteiger partial charge in [0.2, 0.25) is 0 Å². The molecule has 0 amide bonds. The fourth-order valence-corrected chi connectivity index (χ4v) is 5.77. The van der Waals surface area contributed by atoms with Crippen molar-refractivity contribution in [2.75, 3.05) is 0 Å². The molecule has 1 saturated carbocycles. The first-order chi connectivity index (χ1) is 15.0. The lowest BCUT2D eigenvalue weighted by Gasteiger charge is -2.31. The highest BCUT2D eigenvalue weighted by molar-refractivity contribution is 5.80. The van der Waals surface area contributed by atoms with Crippen LogP contribution in [-0.2, 0) is 11.2 Å². The lowest BCUT2D eigenvalue weighted by molar-refractivity contribution is -0.118. The number of nitrogens with zero attached hydrogens (tertiary/aromatic N) is 1. The van der Waals surface area contributed by atoms with Gasteiger partial charge in [0.15, 0.2) is 0 Å². The van der Waals surface area contributed by atoms with Gasteiger partial charge in [-0.3, -0.25) is 9.79 Å². The quantitative estimate of drug-likeness (QED) is 0.434. The van der Waals surface area contributed by atoms with Crippen LogP contribution in [-0.4, -0.2) is 12.0 Å². The molecule has 1 aromatic rings. The van der Waals surface area contributed by atoms with E-state index >= 15 is 0 Å². The Hall–Kier alpha value is -1.96. The van der Waals surface area contributed by atoms with Gasteiger partial charge in [-0.25, -0.2) is 0 Å². The highest BCUT2D eigenvalue weighted by Gasteiger charge is 2.32. The smallest absolute Gasteiger partial charge is 0.137 e. The van der Waals surface area contributed by atoms with E-state index in [9.17, 15) is 4.79 Å². The predicted molar refractivity (Wildman–Crippen MR) is 137 cm³/mol. The molecule has 31 heavy (non-hydrogen) atoms. The molecule has 0 N–H and O–H groups in total. The maximum absolute atomic E-state index is 12.4. The fraction of sp³-hybridized carbons (Fsp3) is 0.586. The Kier molecular flexibility index (Phi) is 7.25. The zero-order chi connectivity index (χ0) is 21.8. The first kappa shape index (κ1) is 22.2. The second kappa shape index (κ2) is 10.1. The number of benzene rings is 1. The minimum atomic E-state index is 0. The van der Waals surface area contributed by atoms with Gasteiger partial charge < -0.3 is 0 Å². The van der Waals surface area contributed by atoms with Gasteiger partial charge in [0.25, 0.3) is 0 Å². The summed E-state index contributed by atoms with van der Waals surface area (Å²) in [5, 5.41) is 0. The van der Waals surface area contributed by atoms with Gasteiger partial charge in [-0.2, -0.15) is 0 Å². The van der Waals surface area contributed by atoms with Crippen LogP contribution >= 0.6 is 0 Å². The molecule has 0 aromatic heterocycles. The van der Waals surface area contributed by atoms with Crippen molar-refractivity contribution in [3.8, 4) is 0 Å². The zero-order valence-electron chi connectivity index (χ0n) is 19.6. The van der Waals surface area contributed by atoms with Crippen LogP contribution in [0.5, 0.6) is 0 Å². The first-order valence-corrected chi connectivity index (χ1v) is 12.5. The number of fused-ring (bicyclic) bond motifs is 1. The van der Waals surface area contributed by atoms with Gasteiger partial charge in [-0.15, -0.1) is 0 Å². The molecule has 1 aliphatic heterocycles. The van der Waals surface area contributed by atoms with Crippen molar-refractivity contribution < 1.29 is 9.07 Å². The number of ketones is 1. The molecule has 1 heterocycles. The Morgan fingerprint density at radius 2 is 2.03 bits per heavy atom. The third kappa shape index (κ3) is 5.45. The molecule has 2 aliphatic carbocycles. The normalized spacial score (nSPS) is 28.1. The molecule has 0 saturated heterocycles. The number of allylic oxidation sites excluding steroid dienone is 4. The molecule has 4 unspecified atom stereocenters. The van der Waals surface area contributed by atoms with Gasteiger partial charge in [0.05, 0.1) is 0 Å². The maximum Gasteiger partial charge on any atom is 0.137 e. The predicted octanol–water partition coefficient (Wildman–Crippen LogP) is 8.19. The highest BCUT2D eigenvalue weighted by Crippen LogP contribution is 2.45. The summed E-state index contributed by atoms with van der Waals surface area (Å²) in [6, 6.07) is 8.89. The largest absolute Gasteiger partial charge is 0.299 e. The summed E-state index contributed by atoms with van der Waals surface area (Å²) in [6.45, 7) is 6.75. The third-order valence-electron chi connectivity index (χ3n) is 7.66. The molecule has 0 radical (unpaired) electrons. The van der Waals surface area contributed by atoms with Gasteiger partial charge in [0.1, 0.15) is 5.78 Å². The molecular formula is C29H45NO. The first-order valence-electron chi connectivity index (χ1n) is 12.5. The van der Waals surface area contributed by atoms with E-state index in [1.807, 2.05) is 0 Å². The number of rotatable bonds is 7. The van der Waals surface area contributed by atoms with Crippen molar-refractivity contribution in [2.45, 2.75) is 84.5 Å². The Labute approximate surface area is 193 Å². The third-order valence-corrected chi connectivity index (χ3v) is 7.66. The van der Waals surface area contributed by atoms with Crippen molar-refractivity contribution in [3.05, 3.63) is 58.8 Å². The van der Waals surface area contributed by atoms with Crippen LogP contribution in [0.3, 0.4) is 0 Å². The van der Waals surface area contributed by atoms with E-state index < -0.39 is 0 Å². The molecule has 0 spiro atoms. The number of hydrogen-bond donors (Lipinski definition) is 0. The maximum atomic E-state index is 12.4. The van der Waals surface area contributed by atoms with Crippen LogP contribution in [0.15, 0.2) is 52.7 Å². The highest BCUT2D eigenvalue weighted by atomic mass is 16.1. The van der Waals surface area contributed by atoms with E-state index in [4.69, 9.17) is 4.99 Å². The number of Topliss-reactive ketones (excluding diaryl/α,β-unsaturated/α-hetero) is 1. The minimum absolute atomic E-state index is 0. The number of carbonyl (C=O) groups is 1. The topological polar surface area (TPSA) is 29.4 Å². The fourth-order valence-electron chi connectivity index (χ4n) is 5.77. The van der Waals surface area contributed by atoms with E-state index in [0.717, 1.165) is 12.8 Å². The van der Waals surface area contributed by atoms with Crippen molar-refractivity contribution in [1.82, 2.24) is 0 Å². The summed E-state index contributed by atoms with van der Waals surface area (Å²) >= 11 is 0. The average Bonchev–Trinajstić information content (AvgIpc) is 3.19. The van der Waals surface area contributed by atoms with Crippen molar-refractivity contribution >= 4 is 12.0 Å². The molecule has 2 heteroatoms. The summed E-state index contributed by atoms with van der Waals surface area (Å²) in [5.74, 6) is 3.47. The monoisotopic (exact) mass is 423 g/mol. The summed E-state index contributed by atoms with van der Waals surface area (Å²) in [7, 11) is 0. The van der Waals surface area contributed by atoms with Crippen molar-refractivity contribution in [2.24, 2.45) is 28.7 Å². The molecule has 3 aliphatic rings. The summed E-state index contributed by atoms with van der Waals surface area (Å²) < 4.78 is 0. The van der Waals surface area contributed by atoms with Crippen molar-refractivity contribution in [3.63, 3.8) is 0 Å². The summed E-state index contributed by atoms with van der Waals surface area (Å²) in [4.78, 5) is 17.4. The average molecular weight is 424 g/mol. The molecule has 1 aromatic carbocycles. The Morgan fingerprint density at radius 3 is 2.87 bits per heavy atom. The van der Waals surface area contributed by atoms with Gasteiger partial charge in [-0.05, 0) is 78.9 Å². The van der Waals surface area contributed by atoms with Crippen LogP contribution in [0.1, 0.15) is 93.5 Å². The van der Waals surface area contributed by atoms with E-state index in [1.54, 1.807) is 0 Å². The number of carbonyl (C=O) groups excluding carboxylic acids is 1. The Balaban J connectivity index is 0.00000193.